The standard InChI is InChI=1S/C21H18N2O/c1-12-13(2)19-20(16-9-5-4-8-15(12)16)23-18-11-7-6-10-17(18)21(19)22-14(3)24/h4-11H,1-3H3,(H,22,23,24). The van der Waals surface area contributed by atoms with E-state index >= 15 is 0 Å². The number of nitrogens with zero attached hydrogens (tertiary/aromatic N) is 1. The van der Waals surface area contributed by atoms with Crippen molar-refractivity contribution in [1.82, 2.24) is 4.98 Å². The van der Waals surface area contributed by atoms with Crippen LogP contribution in [0.15, 0.2) is 48.5 Å². The number of aryl methyl sites for hydroxylation is 2. The van der Waals surface area contributed by atoms with Crippen molar-refractivity contribution in [3.8, 4) is 0 Å². The normalized spacial score (nSPS) is 11.3. The van der Waals surface area contributed by atoms with E-state index in [2.05, 4.69) is 37.4 Å². The number of hydrogen-bond acceptors (Lipinski definition) is 2. The van der Waals surface area contributed by atoms with Crippen molar-refractivity contribution in [3.05, 3.63) is 59.7 Å². The molecule has 0 saturated carbocycles. The molecule has 4 rings (SSSR count). The number of fused-ring (bicyclic) bond motifs is 4. The lowest BCUT2D eigenvalue weighted by molar-refractivity contribution is -0.114. The molecule has 0 aliphatic heterocycles. The van der Waals surface area contributed by atoms with Gasteiger partial charge in [0.2, 0.25) is 5.91 Å². The fraction of sp³-hybridized carbons (Fsp3) is 0.143. The number of carbonyl (C=O) groups excluding carboxylic acids is 1. The Kier molecular flexibility index (Phi) is 3.24. The van der Waals surface area contributed by atoms with E-state index in [1.54, 1.807) is 6.92 Å². The van der Waals surface area contributed by atoms with Crippen molar-refractivity contribution in [2.24, 2.45) is 0 Å². The van der Waals surface area contributed by atoms with Gasteiger partial charge in [-0.3, -0.25) is 4.79 Å². The highest BCUT2D eigenvalue weighted by Crippen LogP contribution is 2.38. The molecule has 3 aromatic carbocycles. The first-order valence-electron chi connectivity index (χ1n) is 8.06. The Morgan fingerprint density at radius 3 is 2.21 bits per heavy atom. The molecule has 3 heteroatoms. The van der Waals surface area contributed by atoms with Crippen molar-refractivity contribution >= 4 is 44.2 Å². The molecule has 1 amide bonds. The lowest BCUT2D eigenvalue weighted by atomic mass is 9.93. The molecule has 4 aromatic rings. The summed E-state index contributed by atoms with van der Waals surface area (Å²) < 4.78 is 0. The molecule has 24 heavy (non-hydrogen) atoms. The van der Waals surface area contributed by atoms with Crippen LogP contribution in [0, 0.1) is 13.8 Å². The minimum Gasteiger partial charge on any atom is -0.325 e. The predicted octanol–water partition coefficient (Wildman–Crippen LogP) is 5.12. The highest BCUT2D eigenvalue weighted by atomic mass is 16.1. The lowest BCUT2D eigenvalue weighted by Gasteiger charge is -2.17. The van der Waals surface area contributed by atoms with Crippen LogP contribution in [0.4, 0.5) is 5.69 Å². The van der Waals surface area contributed by atoms with Gasteiger partial charge in [0.25, 0.3) is 0 Å². The molecule has 0 unspecified atom stereocenters. The molecular weight excluding hydrogens is 296 g/mol. The van der Waals surface area contributed by atoms with Crippen LogP contribution in [0.1, 0.15) is 18.1 Å². The molecule has 1 heterocycles. The molecule has 118 valence electrons. The Bertz CT molecular complexity index is 1130. The number of para-hydroxylation sites is 1. The Morgan fingerprint density at radius 1 is 0.875 bits per heavy atom. The fourth-order valence-corrected chi connectivity index (χ4v) is 3.48. The van der Waals surface area contributed by atoms with Gasteiger partial charge in [0.15, 0.2) is 0 Å². The van der Waals surface area contributed by atoms with Gasteiger partial charge in [-0.25, -0.2) is 4.98 Å². The monoisotopic (exact) mass is 314 g/mol. The van der Waals surface area contributed by atoms with Gasteiger partial charge in [-0.2, -0.15) is 0 Å². The third-order valence-corrected chi connectivity index (χ3v) is 4.72. The number of carbonyl (C=O) groups is 1. The summed E-state index contributed by atoms with van der Waals surface area (Å²) in [5.41, 5.74) is 5.07. The molecule has 1 aromatic heterocycles. The highest BCUT2D eigenvalue weighted by Gasteiger charge is 2.16. The number of hydrogen-bond donors (Lipinski definition) is 1. The van der Waals surface area contributed by atoms with Gasteiger partial charge in [-0.15, -0.1) is 0 Å². The second kappa shape index (κ2) is 5.31. The van der Waals surface area contributed by atoms with E-state index < -0.39 is 0 Å². The van der Waals surface area contributed by atoms with E-state index in [0.29, 0.717) is 0 Å². The van der Waals surface area contributed by atoms with Gasteiger partial charge in [0.05, 0.1) is 16.7 Å². The van der Waals surface area contributed by atoms with E-state index in [1.807, 2.05) is 30.3 Å². The van der Waals surface area contributed by atoms with Crippen molar-refractivity contribution in [2.75, 3.05) is 5.32 Å². The molecule has 0 bridgehead atoms. The van der Waals surface area contributed by atoms with Crippen LogP contribution in [-0.2, 0) is 4.79 Å². The number of pyridine rings is 1. The summed E-state index contributed by atoms with van der Waals surface area (Å²) in [5, 5.41) is 7.37. The first-order valence-corrected chi connectivity index (χ1v) is 8.06. The average molecular weight is 314 g/mol. The summed E-state index contributed by atoms with van der Waals surface area (Å²) in [6.45, 7) is 5.78. The SMILES string of the molecule is CC(=O)Nc1c2ccccc2nc2c1c(C)c(C)c1ccccc12. The number of benzene rings is 3. The van der Waals surface area contributed by atoms with Crippen LogP contribution in [0.2, 0.25) is 0 Å². The molecule has 0 spiro atoms. The third-order valence-electron chi connectivity index (χ3n) is 4.72. The maximum atomic E-state index is 11.8. The van der Waals surface area contributed by atoms with Crippen molar-refractivity contribution in [2.45, 2.75) is 20.8 Å². The van der Waals surface area contributed by atoms with Crippen LogP contribution in [-0.4, -0.2) is 10.9 Å². The molecule has 0 aliphatic rings. The van der Waals surface area contributed by atoms with Gasteiger partial charge in [-0.05, 0) is 36.4 Å². The molecule has 1 N–H and O–H groups in total. The summed E-state index contributed by atoms with van der Waals surface area (Å²) >= 11 is 0. The van der Waals surface area contributed by atoms with Crippen molar-refractivity contribution < 1.29 is 4.79 Å². The summed E-state index contributed by atoms with van der Waals surface area (Å²) in [5.74, 6) is -0.0714. The first kappa shape index (κ1) is 14.6. The van der Waals surface area contributed by atoms with Crippen molar-refractivity contribution in [1.29, 1.82) is 0 Å². The number of rotatable bonds is 1. The summed E-state index contributed by atoms with van der Waals surface area (Å²) in [7, 11) is 0. The summed E-state index contributed by atoms with van der Waals surface area (Å²) in [6, 6.07) is 16.3. The lowest BCUT2D eigenvalue weighted by Crippen LogP contribution is -2.08. The fourth-order valence-electron chi connectivity index (χ4n) is 3.48. The highest BCUT2D eigenvalue weighted by molar-refractivity contribution is 6.20. The van der Waals surface area contributed by atoms with Crippen LogP contribution in [0.3, 0.4) is 0 Å². The van der Waals surface area contributed by atoms with Gasteiger partial charge >= 0.3 is 0 Å². The zero-order valence-electron chi connectivity index (χ0n) is 14.0. The zero-order chi connectivity index (χ0) is 16.8. The Morgan fingerprint density at radius 2 is 1.50 bits per heavy atom. The predicted molar refractivity (Wildman–Crippen MR) is 101 cm³/mol. The minimum atomic E-state index is -0.0714. The van der Waals surface area contributed by atoms with Crippen molar-refractivity contribution in [3.63, 3.8) is 0 Å². The molecule has 0 aliphatic carbocycles. The number of amides is 1. The minimum absolute atomic E-state index is 0.0714. The average Bonchev–Trinajstić information content (AvgIpc) is 2.59. The van der Waals surface area contributed by atoms with Crippen LogP contribution in [0.25, 0.3) is 32.6 Å². The second-order valence-corrected chi connectivity index (χ2v) is 6.20. The maximum Gasteiger partial charge on any atom is 0.221 e. The molecule has 0 atom stereocenters. The number of aromatic nitrogens is 1. The van der Waals surface area contributed by atoms with Crippen LogP contribution in [0.5, 0.6) is 0 Å². The largest absolute Gasteiger partial charge is 0.325 e. The number of nitrogens with one attached hydrogen (secondary N) is 1. The van der Waals surface area contributed by atoms with Crippen LogP contribution < -0.4 is 5.32 Å². The third kappa shape index (κ3) is 2.05. The van der Waals surface area contributed by atoms with E-state index in [1.165, 1.54) is 10.9 Å². The van der Waals surface area contributed by atoms with Gasteiger partial charge in [0.1, 0.15) is 0 Å². The molecular formula is C21H18N2O. The van der Waals surface area contributed by atoms with E-state index in [4.69, 9.17) is 4.98 Å². The van der Waals surface area contributed by atoms with Gasteiger partial charge < -0.3 is 5.32 Å². The molecule has 0 fully saturated rings. The second-order valence-electron chi connectivity index (χ2n) is 6.20. The van der Waals surface area contributed by atoms with E-state index in [0.717, 1.165) is 38.4 Å². The Balaban J connectivity index is 2.32. The smallest absolute Gasteiger partial charge is 0.221 e. The Hall–Kier alpha value is -2.94. The molecule has 0 radical (unpaired) electrons. The summed E-state index contributed by atoms with van der Waals surface area (Å²) in [6.07, 6.45) is 0. The first-order chi connectivity index (χ1) is 11.6. The quantitative estimate of drug-likeness (QED) is 0.391. The van der Waals surface area contributed by atoms with E-state index in [-0.39, 0.29) is 5.91 Å². The van der Waals surface area contributed by atoms with Gasteiger partial charge in [-0.1, -0.05) is 42.5 Å². The van der Waals surface area contributed by atoms with Gasteiger partial charge in [0, 0.05) is 23.1 Å². The molecule has 3 nitrogen and oxygen atoms in total. The maximum absolute atomic E-state index is 11.8. The zero-order valence-corrected chi connectivity index (χ0v) is 14.0. The van der Waals surface area contributed by atoms with Crippen LogP contribution >= 0.6 is 0 Å². The number of anilines is 1. The topological polar surface area (TPSA) is 42.0 Å². The Labute approximate surface area is 140 Å². The summed E-state index contributed by atoms with van der Waals surface area (Å²) in [4.78, 5) is 16.8. The molecule has 0 saturated heterocycles. The van der Waals surface area contributed by atoms with E-state index in [9.17, 15) is 4.79 Å².